The Hall–Kier alpha value is -0.0151. The third-order valence-corrected chi connectivity index (χ3v) is 3.58. The highest BCUT2D eigenvalue weighted by molar-refractivity contribution is 6.05. The van der Waals surface area contributed by atoms with E-state index in [0.717, 1.165) is 11.8 Å². The van der Waals surface area contributed by atoms with Crippen molar-refractivity contribution >= 4 is 7.85 Å². The van der Waals surface area contributed by atoms with Crippen molar-refractivity contribution in [3.05, 3.63) is 0 Å². The molecule has 2 heterocycles. The molecule has 3 heteroatoms. The van der Waals surface area contributed by atoms with E-state index in [2.05, 4.69) is 18.5 Å². The summed E-state index contributed by atoms with van der Waals surface area (Å²) in [5, 5.41) is 6.88. The second-order valence-corrected chi connectivity index (χ2v) is 4.62. The molecule has 100 valence electrons. The van der Waals surface area contributed by atoms with Gasteiger partial charge < -0.3 is 10.6 Å². The van der Waals surface area contributed by atoms with Crippen LogP contribution in [0.5, 0.6) is 0 Å². The molecule has 2 fully saturated rings. The van der Waals surface area contributed by atoms with Crippen molar-refractivity contribution in [1.82, 2.24) is 10.6 Å². The van der Waals surface area contributed by atoms with Crippen LogP contribution >= 0.6 is 0 Å². The smallest absolute Gasteiger partial charge is 0.0606 e. The third kappa shape index (κ3) is 7.83. The first kappa shape index (κ1) is 17.0. The van der Waals surface area contributed by atoms with E-state index in [-0.39, 0.29) is 0 Å². The number of rotatable bonds is 2. The molecular weight excluding hydrogens is 207 g/mol. The van der Waals surface area contributed by atoms with Gasteiger partial charge in [-0.15, -0.1) is 0 Å². The van der Waals surface area contributed by atoms with Crippen molar-refractivity contribution in [2.75, 3.05) is 26.2 Å². The van der Waals surface area contributed by atoms with Gasteiger partial charge in [-0.25, -0.2) is 0 Å². The SMILES string of the molecule is C1CC(CC2CCNCC2)CCN1.CC.[B]C. The highest BCUT2D eigenvalue weighted by Crippen LogP contribution is 2.26. The van der Waals surface area contributed by atoms with E-state index in [0.29, 0.717) is 0 Å². The zero-order chi connectivity index (χ0) is 12.9. The third-order valence-electron chi connectivity index (χ3n) is 3.58. The van der Waals surface area contributed by atoms with Crippen LogP contribution in [0.2, 0.25) is 6.82 Å². The minimum atomic E-state index is 1.03. The highest BCUT2D eigenvalue weighted by atomic mass is 14.9. The molecule has 0 bridgehead atoms. The van der Waals surface area contributed by atoms with Gasteiger partial charge in [-0.05, 0) is 70.1 Å². The minimum absolute atomic E-state index is 1.03. The molecule has 2 saturated heterocycles. The molecule has 0 spiro atoms. The van der Waals surface area contributed by atoms with Crippen LogP contribution in [-0.2, 0) is 0 Å². The summed E-state index contributed by atoms with van der Waals surface area (Å²) in [5.41, 5.74) is 0. The molecular formula is C14H31BN2. The van der Waals surface area contributed by atoms with Gasteiger partial charge in [0.15, 0.2) is 0 Å². The Labute approximate surface area is 110 Å². The van der Waals surface area contributed by atoms with Crippen LogP contribution in [0.1, 0.15) is 46.0 Å². The molecule has 2 rings (SSSR count). The fraction of sp³-hybridized carbons (Fsp3) is 1.00. The normalized spacial score (nSPS) is 21.8. The van der Waals surface area contributed by atoms with Crippen LogP contribution in [0, 0.1) is 11.8 Å². The van der Waals surface area contributed by atoms with E-state index in [4.69, 9.17) is 0 Å². The van der Waals surface area contributed by atoms with E-state index in [1.165, 1.54) is 65.1 Å². The van der Waals surface area contributed by atoms with Crippen molar-refractivity contribution < 1.29 is 0 Å². The maximum Gasteiger partial charge on any atom is 0.0606 e. The molecule has 2 radical (unpaired) electrons. The lowest BCUT2D eigenvalue weighted by Gasteiger charge is -2.29. The maximum absolute atomic E-state index is 4.50. The van der Waals surface area contributed by atoms with Crippen LogP contribution < -0.4 is 10.6 Å². The predicted octanol–water partition coefficient (Wildman–Crippen LogP) is 2.60. The summed E-state index contributed by atoms with van der Waals surface area (Å²) >= 11 is 0. The first-order valence-corrected chi connectivity index (χ1v) is 7.44. The van der Waals surface area contributed by atoms with Gasteiger partial charge in [0.25, 0.3) is 0 Å². The van der Waals surface area contributed by atoms with Crippen molar-refractivity contribution in [1.29, 1.82) is 0 Å². The summed E-state index contributed by atoms with van der Waals surface area (Å²) in [4.78, 5) is 0. The van der Waals surface area contributed by atoms with Crippen LogP contribution in [0.3, 0.4) is 0 Å². The first-order chi connectivity index (χ1) is 8.45. The Morgan fingerprint density at radius 3 is 1.35 bits per heavy atom. The lowest BCUT2D eigenvalue weighted by molar-refractivity contribution is 0.259. The standard InChI is InChI=1S/C11H22N2.C2H6.CH3B/c1-5-12-6-2-10(1)9-11-3-7-13-8-4-11;2*1-2/h10-13H,1-9H2;1-2H3;1H3. The van der Waals surface area contributed by atoms with E-state index in [9.17, 15) is 0 Å². The van der Waals surface area contributed by atoms with Gasteiger partial charge >= 0.3 is 0 Å². The highest BCUT2D eigenvalue weighted by Gasteiger charge is 2.19. The Morgan fingerprint density at radius 1 is 0.765 bits per heavy atom. The van der Waals surface area contributed by atoms with Crippen molar-refractivity contribution in [3.8, 4) is 0 Å². The second kappa shape index (κ2) is 12.4. The molecule has 2 N–H and O–H groups in total. The lowest BCUT2D eigenvalue weighted by Crippen LogP contribution is -2.32. The Bertz CT molecular complexity index is 125. The average Bonchev–Trinajstić information content (AvgIpc) is 2.45. The van der Waals surface area contributed by atoms with E-state index in [1.807, 2.05) is 13.8 Å². The van der Waals surface area contributed by atoms with Crippen LogP contribution in [0.4, 0.5) is 0 Å². The molecule has 0 aromatic heterocycles. The predicted molar refractivity (Wildman–Crippen MR) is 78.8 cm³/mol. The topological polar surface area (TPSA) is 24.1 Å². The minimum Gasteiger partial charge on any atom is -0.317 e. The monoisotopic (exact) mass is 238 g/mol. The van der Waals surface area contributed by atoms with Crippen molar-refractivity contribution in [2.45, 2.75) is 52.8 Å². The van der Waals surface area contributed by atoms with Crippen LogP contribution in [0.25, 0.3) is 0 Å². The summed E-state index contributed by atoms with van der Waals surface area (Å²) in [6.45, 7) is 10.5. The maximum atomic E-state index is 4.50. The average molecular weight is 238 g/mol. The molecule has 0 aliphatic carbocycles. The number of nitrogens with one attached hydrogen (secondary N) is 2. The van der Waals surface area contributed by atoms with Gasteiger partial charge in [0.1, 0.15) is 0 Å². The fourth-order valence-corrected chi connectivity index (χ4v) is 2.71. The quantitative estimate of drug-likeness (QED) is 0.722. The molecule has 0 atom stereocenters. The van der Waals surface area contributed by atoms with Crippen molar-refractivity contribution in [2.24, 2.45) is 11.8 Å². The fourth-order valence-electron chi connectivity index (χ4n) is 2.71. The summed E-state index contributed by atoms with van der Waals surface area (Å²) in [6.07, 6.45) is 7.19. The van der Waals surface area contributed by atoms with Gasteiger partial charge in [-0.3, -0.25) is 0 Å². The molecule has 0 amide bonds. The molecule has 17 heavy (non-hydrogen) atoms. The van der Waals surface area contributed by atoms with Gasteiger partial charge in [-0.2, -0.15) is 0 Å². The zero-order valence-corrected chi connectivity index (χ0v) is 12.1. The molecule has 2 aliphatic heterocycles. The van der Waals surface area contributed by atoms with Gasteiger partial charge in [0.05, 0.1) is 7.85 Å². The first-order valence-electron chi connectivity index (χ1n) is 7.44. The van der Waals surface area contributed by atoms with Crippen LogP contribution in [-0.4, -0.2) is 34.0 Å². The van der Waals surface area contributed by atoms with Crippen LogP contribution in [0.15, 0.2) is 0 Å². The summed E-state index contributed by atoms with van der Waals surface area (Å²) in [6, 6.07) is 0. The Kier molecular flexibility index (Phi) is 12.4. The molecule has 2 aliphatic rings. The Morgan fingerprint density at radius 2 is 1.06 bits per heavy atom. The Balaban J connectivity index is 0.000000581. The summed E-state index contributed by atoms with van der Waals surface area (Å²) < 4.78 is 0. The van der Waals surface area contributed by atoms with Gasteiger partial charge in [0.2, 0.25) is 0 Å². The molecule has 0 saturated carbocycles. The molecule has 0 aromatic rings. The largest absolute Gasteiger partial charge is 0.317 e. The lowest BCUT2D eigenvalue weighted by atomic mass is 9.83. The number of hydrogen-bond donors (Lipinski definition) is 2. The molecule has 2 nitrogen and oxygen atoms in total. The summed E-state index contributed by atoms with van der Waals surface area (Å²) in [7, 11) is 4.50. The molecule has 0 unspecified atom stereocenters. The number of hydrogen-bond acceptors (Lipinski definition) is 2. The van der Waals surface area contributed by atoms with E-state index in [1.54, 1.807) is 0 Å². The molecule has 0 aromatic carbocycles. The van der Waals surface area contributed by atoms with E-state index >= 15 is 0 Å². The van der Waals surface area contributed by atoms with Gasteiger partial charge in [-0.1, -0.05) is 20.7 Å². The second-order valence-electron chi connectivity index (χ2n) is 4.62. The zero-order valence-electron chi connectivity index (χ0n) is 12.1. The number of piperidine rings is 2. The van der Waals surface area contributed by atoms with E-state index < -0.39 is 0 Å². The van der Waals surface area contributed by atoms with Gasteiger partial charge in [0, 0.05) is 0 Å². The summed E-state index contributed by atoms with van der Waals surface area (Å²) in [5.74, 6) is 2.06. The van der Waals surface area contributed by atoms with Crippen molar-refractivity contribution in [3.63, 3.8) is 0 Å².